The minimum atomic E-state index is -0.451. The van der Waals surface area contributed by atoms with Gasteiger partial charge in [-0.25, -0.2) is 9.67 Å². The molecule has 9 nitrogen and oxygen atoms in total. The molecule has 34 heavy (non-hydrogen) atoms. The molecule has 0 saturated carbocycles. The Morgan fingerprint density at radius 1 is 0.971 bits per heavy atom. The molecule has 2 aliphatic heterocycles. The summed E-state index contributed by atoms with van der Waals surface area (Å²) in [6, 6.07) is 23.1. The van der Waals surface area contributed by atoms with Gasteiger partial charge in [0, 0.05) is 17.7 Å². The number of aromatic nitrogens is 2. The minimum absolute atomic E-state index is 0.00200. The highest BCUT2D eigenvalue weighted by atomic mass is 16.6. The lowest BCUT2D eigenvalue weighted by Gasteiger charge is -2.40. The van der Waals surface area contributed by atoms with Crippen molar-refractivity contribution in [2.45, 2.75) is 13.0 Å². The van der Waals surface area contributed by atoms with Crippen LogP contribution in [0.4, 0.5) is 22.9 Å². The van der Waals surface area contributed by atoms with Crippen LogP contribution in [-0.2, 0) is 4.79 Å². The molecular weight excluding hydrogens is 432 g/mol. The van der Waals surface area contributed by atoms with Crippen LogP contribution in [0.25, 0.3) is 5.69 Å². The average Bonchev–Trinajstić information content (AvgIpc) is 3.20. The second-order valence-corrected chi connectivity index (χ2v) is 8.10. The van der Waals surface area contributed by atoms with Crippen LogP contribution in [0.15, 0.2) is 83.9 Å². The molecule has 0 fully saturated rings. The number of rotatable bonds is 3. The molecule has 1 amide bonds. The summed E-state index contributed by atoms with van der Waals surface area (Å²) < 4.78 is 1.74. The number of nitrogens with one attached hydrogen (secondary N) is 1. The summed E-state index contributed by atoms with van der Waals surface area (Å²) in [6.07, 6.45) is 0. The minimum Gasteiger partial charge on any atom is -0.317 e. The van der Waals surface area contributed by atoms with Crippen LogP contribution in [0.1, 0.15) is 22.9 Å². The van der Waals surface area contributed by atoms with Crippen molar-refractivity contribution in [3.8, 4) is 5.69 Å². The number of aryl methyl sites for hydroxylation is 1. The number of para-hydroxylation sites is 3. The Morgan fingerprint density at radius 2 is 1.68 bits per heavy atom. The van der Waals surface area contributed by atoms with E-state index in [1.165, 1.54) is 12.1 Å². The summed E-state index contributed by atoms with van der Waals surface area (Å²) in [4.78, 5) is 30.7. The number of anilines is 2. The first-order chi connectivity index (χ1) is 16.5. The van der Waals surface area contributed by atoms with E-state index in [0.29, 0.717) is 11.5 Å². The van der Waals surface area contributed by atoms with E-state index in [4.69, 9.17) is 10.1 Å². The molecule has 0 saturated heterocycles. The van der Waals surface area contributed by atoms with E-state index >= 15 is 0 Å². The molecule has 3 heterocycles. The number of benzene rings is 3. The van der Waals surface area contributed by atoms with Crippen molar-refractivity contribution in [1.82, 2.24) is 9.78 Å². The SMILES string of the molecule is Cc1nn(-c2ccccc2)c2c1[C@H](c1ccc([N+](=O)[O-])cc1)N1C(=N2)C(=O)Nc2ccccc21. The predicted molar refractivity (Wildman–Crippen MR) is 128 cm³/mol. The van der Waals surface area contributed by atoms with Crippen molar-refractivity contribution < 1.29 is 9.72 Å². The monoisotopic (exact) mass is 450 g/mol. The van der Waals surface area contributed by atoms with Crippen molar-refractivity contribution in [3.63, 3.8) is 0 Å². The number of fused-ring (bicyclic) bond motifs is 4. The highest BCUT2D eigenvalue weighted by molar-refractivity contribution is 6.50. The zero-order valence-electron chi connectivity index (χ0n) is 18.0. The number of carbonyl (C=O) groups is 1. The molecule has 1 N–H and O–H groups in total. The Labute approximate surface area is 194 Å². The van der Waals surface area contributed by atoms with Crippen LogP contribution in [0, 0.1) is 17.0 Å². The van der Waals surface area contributed by atoms with E-state index < -0.39 is 11.0 Å². The first-order valence-corrected chi connectivity index (χ1v) is 10.7. The third kappa shape index (κ3) is 2.91. The topological polar surface area (TPSA) is 106 Å². The average molecular weight is 450 g/mol. The van der Waals surface area contributed by atoms with Gasteiger partial charge < -0.3 is 10.2 Å². The zero-order valence-corrected chi connectivity index (χ0v) is 18.0. The third-order valence-electron chi connectivity index (χ3n) is 6.09. The number of aliphatic imine (C=N–C) groups is 1. The summed E-state index contributed by atoms with van der Waals surface area (Å²) in [5.41, 5.74) is 4.68. The molecule has 0 spiro atoms. The summed E-state index contributed by atoms with van der Waals surface area (Å²) in [7, 11) is 0. The highest BCUT2D eigenvalue weighted by Gasteiger charge is 2.42. The molecule has 4 aromatic rings. The lowest BCUT2D eigenvalue weighted by Crippen LogP contribution is -2.48. The molecular formula is C25H18N6O3. The second-order valence-electron chi connectivity index (χ2n) is 8.10. The third-order valence-corrected chi connectivity index (χ3v) is 6.09. The van der Waals surface area contributed by atoms with Gasteiger partial charge in [0.1, 0.15) is 0 Å². The van der Waals surface area contributed by atoms with Gasteiger partial charge in [-0.1, -0.05) is 30.3 Å². The maximum Gasteiger partial charge on any atom is 0.291 e. The molecule has 0 bridgehead atoms. The molecule has 6 rings (SSSR count). The Morgan fingerprint density at radius 3 is 2.41 bits per heavy atom. The zero-order chi connectivity index (χ0) is 23.4. The molecule has 2 aliphatic rings. The Hall–Kier alpha value is -4.79. The van der Waals surface area contributed by atoms with E-state index in [9.17, 15) is 14.9 Å². The fourth-order valence-corrected chi connectivity index (χ4v) is 4.58. The molecule has 0 radical (unpaired) electrons. The number of carbonyl (C=O) groups excluding carboxylic acids is 1. The van der Waals surface area contributed by atoms with Crippen LogP contribution >= 0.6 is 0 Å². The fourth-order valence-electron chi connectivity index (χ4n) is 4.58. The van der Waals surface area contributed by atoms with E-state index in [1.807, 2.05) is 66.4 Å². The Bertz CT molecular complexity index is 1490. The van der Waals surface area contributed by atoms with Gasteiger partial charge in [0.25, 0.3) is 11.6 Å². The molecule has 0 unspecified atom stereocenters. The maximum atomic E-state index is 13.2. The van der Waals surface area contributed by atoms with E-state index in [2.05, 4.69) is 5.32 Å². The van der Waals surface area contributed by atoms with Crippen molar-refractivity contribution >= 4 is 34.6 Å². The first kappa shape index (κ1) is 19.9. The van der Waals surface area contributed by atoms with Crippen molar-refractivity contribution in [2.24, 2.45) is 4.99 Å². The van der Waals surface area contributed by atoms with Gasteiger partial charge in [0.2, 0.25) is 5.84 Å². The predicted octanol–water partition coefficient (Wildman–Crippen LogP) is 4.68. The van der Waals surface area contributed by atoms with Gasteiger partial charge in [-0.3, -0.25) is 14.9 Å². The number of nitro groups is 1. The fraction of sp³-hybridized carbons (Fsp3) is 0.0800. The second kappa shape index (κ2) is 7.38. The van der Waals surface area contributed by atoms with Crippen LogP contribution in [0.2, 0.25) is 0 Å². The molecule has 1 atom stereocenters. The van der Waals surface area contributed by atoms with Crippen LogP contribution in [0.5, 0.6) is 0 Å². The molecule has 0 aliphatic carbocycles. The smallest absolute Gasteiger partial charge is 0.291 e. The van der Waals surface area contributed by atoms with Crippen LogP contribution in [-0.4, -0.2) is 26.4 Å². The molecule has 3 aromatic carbocycles. The van der Waals surface area contributed by atoms with Gasteiger partial charge in [0.05, 0.1) is 33.7 Å². The van der Waals surface area contributed by atoms with E-state index in [-0.39, 0.29) is 17.4 Å². The van der Waals surface area contributed by atoms with Gasteiger partial charge in [-0.05, 0) is 48.9 Å². The quantitative estimate of drug-likeness (QED) is 0.360. The normalized spacial score (nSPS) is 16.1. The van der Waals surface area contributed by atoms with E-state index in [1.54, 1.807) is 16.8 Å². The largest absolute Gasteiger partial charge is 0.317 e. The maximum absolute atomic E-state index is 13.2. The molecule has 9 heteroatoms. The Kier molecular flexibility index (Phi) is 4.31. The Balaban J connectivity index is 1.63. The summed E-state index contributed by atoms with van der Waals surface area (Å²) >= 11 is 0. The number of nitro benzene ring substituents is 1. The van der Waals surface area contributed by atoms with Crippen LogP contribution < -0.4 is 10.2 Å². The number of hydrogen-bond acceptors (Lipinski definition) is 6. The van der Waals surface area contributed by atoms with Gasteiger partial charge in [0.15, 0.2) is 5.82 Å². The van der Waals surface area contributed by atoms with Gasteiger partial charge in [-0.15, -0.1) is 0 Å². The van der Waals surface area contributed by atoms with Crippen LogP contribution in [0.3, 0.4) is 0 Å². The molecule has 1 aromatic heterocycles. The summed E-state index contributed by atoms with van der Waals surface area (Å²) in [5.74, 6) is 0.481. The van der Waals surface area contributed by atoms with Crippen molar-refractivity contribution in [3.05, 3.63) is 106 Å². The number of hydrogen-bond donors (Lipinski definition) is 1. The molecule has 166 valence electrons. The van der Waals surface area contributed by atoms with Crippen molar-refractivity contribution in [1.29, 1.82) is 0 Å². The van der Waals surface area contributed by atoms with Gasteiger partial charge in [-0.2, -0.15) is 5.10 Å². The van der Waals surface area contributed by atoms with Gasteiger partial charge >= 0.3 is 0 Å². The van der Waals surface area contributed by atoms with E-state index in [0.717, 1.165) is 28.2 Å². The highest BCUT2D eigenvalue weighted by Crippen LogP contribution is 2.47. The summed E-state index contributed by atoms with van der Waals surface area (Å²) in [5, 5.41) is 18.9. The first-order valence-electron chi connectivity index (χ1n) is 10.7. The number of nitrogens with zero attached hydrogens (tertiary/aromatic N) is 5. The van der Waals surface area contributed by atoms with Crippen molar-refractivity contribution in [2.75, 3.05) is 10.2 Å². The number of non-ortho nitro benzene ring substituents is 1. The lowest BCUT2D eigenvalue weighted by atomic mass is 9.93. The lowest BCUT2D eigenvalue weighted by molar-refractivity contribution is -0.384. The summed E-state index contributed by atoms with van der Waals surface area (Å²) in [6.45, 7) is 1.91. The number of amidine groups is 1. The number of amides is 1. The standard InChI is InChI=1S/C25H18N6O3/c1-15-21-22(16-11-13-18(14-12-16)31(33)34)29-20-10-6-5-9-19(20)26-25(32)24(29)27-23(21)30(28-15)17-7-3-2-4-8-17/h2-14,22H,1H3,(H,26,32)/t22-/m0/s1.